The summed E-state index contributed by atoms with van der Waals surface area (Å²) in [6.45, 7) is 2.66. The van der Waals surface area contributed by atoms with Gasteiger partial charge in [0.2, 0.25) is 10.6 Å². The quantitative estimate of drug-likeness (QED) is 0.493. The van der Waals surface area contributed by atoms with Crippen molar-refractivity contribution in [2.45, 2.75) is 6.42 Å². The molecule has 4 heterocycles. The van der Waals surface area contributed by atoms with Gasteiger partial charge < -0.3 is 15.5 Å². The van der Waals surface area contributed by atoms with Crippen LogP contribution in [0.15, 0.2) is 48.1 Å². The van der Waals surface area contributed by atoms with E-state index in [1.807, 2.05) is 35.2 Å². The average molecular weight is 436 g/mol. The summed E-state index contributed by atoms with van der Waals surface area (Å²) >= 11 is 0. The molecule has 1 unspecified atom stereocenters. The highest BCUT2D eigenvalue weighted by molar-refractivity contribution is 7.34. The van der Waals surface area contributed by atoms with Crippen LogP contribution in [0.5, 0.6) is 0 Å². The van der Waals surface area contributed by atoms with Crippen molar-refractivity contribution in [1.82, 2.24) is 29.9 Å². The first-order valence-electron chi connectivity index (χ1n) is 10.1. The monoisotopic (exact) mass is 435 g/mol. The Labute approximate surface area is 182 Å². The van der Waals surface area contributed by atoms with Crippen LogP contribution in [0.4, 0.5) is 11.8 Å². The van der Waals surface area contributed by atoms with E-state index < -0.39 is 0 Å². The van der Waals surface area contributed by atoms with Crippen molar-refractivity contribution in [3.8, 4) is 5.69 Å². The molecule has 4 aromatic rings. The first-order valence-corrected chi connectivity index (χ1v) is 11.8. The van der Waals surface area contributed by atoms with Gasteiger partial charge in [-0.2, -0.15) is 20.0 Å². The molecule has 0 spiro atoms. The molecule has 0 bridgehead atoms. The number of para-hydroxylation sites is 1. The number of thiophene rings is 1. The standard InChI is InChI=1S/C21H23N8OS/c1-31-14-7-16-18(31)19(22)26-21(25-16)28-11-4-10-27(12-13-28)20(30)15-5-2-3-6-17(15)29-23-8-9-24-29/h2-3,5-9,14H,4,10-13H2,1H3,(H2,22,25,26)/q+1. The molecule has 1 aliphatic rings. The van der Waals surface area contributed by atoms with E-state index in [9.17, 15) is 4.79 Å². The lowest BCUT2D eigenvalue weighted by atomic mass is 10.1. The number of nitrogen functional groups attached to an aromatic ring is 1. The fourth-order valence-electron chi connectivity index (χ4n) is 3.95. The van der Waals surface area contributed by atoms with Crippen LogP contribution in [0.3, 0.4) is 0 Å². The fourth-order valence-corrected chi connectivity index (χ4v) is 5.24. The minimum Gasteiger partial charge on any atom is -0.379 e. The molecule has 10 heteroatoms. The third-order valence-electron chi connectivity index (χ3n) is 5.49. The normalized spacial score (nSPS) is 15.3. The lowest BCUT2D eigenvalue weighted by Crippen LogP contribution is -2.36. The van der Waals surface area contributed by atoms with Gasteiger partial charge in [-0.1, -0.05) is 12.1 Å². The average Bonchev–Trinajstić information content (AvgIpc) is 3.37. The van der Waals surface area contributed by atoms with Gasteiger partial charge in [0, 0.05) is 32.2 Å². The summed E-state index contributed by atoms with van der Waals surface area (Å²) in [5.41, 5.74) is 8.41. The molecule has 2 N–H and O–H groups in total. The Hall–Kier alpha value is -3.53. The van der Waals surface area contributed by atoms with E-state index in [1.165, 1.54) is 4.80 Å². The van der Waals surface area contributed by atoms with E-state index in [1.54, 1.807) is 12.4 Å². The number of hydrogen-bond donors (Lipinski definition) is 1. The van der Waals surface area contributed by atoms with E-state index >= 15 is 0 Å². The maximum absolute atomic E-state index is 13.3. The first kappa shape index (κ1) is 19.4. The largest absolute Gasteiger partial charge is 0.379 e. The minimum absolute atomic E-state index is 0.0258. The molecule has 3 aromatic heterocycles. The maximum Gasteiger partial charge on any atom is 0.256 e. The van der Waals surface area contributed by atoms with Gasteiger partial charge >= 0.3 is 0 Å². The van der Waals surface area contributed by atoms with Gasteiger partial charge in [0.25, 0.3) is 5.91 Å². The molecule has 9 nitrogen and oxygen atoms in total. The summed E-state index contributed by atoms with van der Waals surface area (Å²) in [5.74, 6) is 1.16. The highest BCUT2D eigenvalue weighted by Crippen LogP contribution is 2.33. The third-order valence-corrected chi connectivity index (χ3v) is 7.10. The van der Waals surface area contributed by atoms with E-state index in [4.69, 9.17) is 10.7 Å². The van der Waals surface area contributed by atoms with Crippen LogP contribution in [0.2, 0.25) is 0 Å². The second-order valence-electron chi connectivity index (χ2n) is 7.45. The van der Waals surface area contributed by atoms with E-state index in [2.05, 4.69) is 31.7 Å². The van der Waals surface area contributed by atoms with Crippen LogP contribution in [0.25, 0.3) is 15.9 Å². The van der Waals surface area contributed by atoms with Crippen LogP contribution in [0, 0.1) is 0 Å². The number of rotatable bonds is 3. The summed E-state index contributed by atoms with van der Waals surface area (Å²) in [5, 5.41) is 10.5. The number of nitrogens with zero attached hydrogens (tertiary/aromatic N) is 7. The number of nitrogens with two attached hydrogens (primary N) is 1. The number of fused-ring (bicyclic) bond motifs is 1. The minimum atomic E-state index is -0.0384. The van der Waals surface area contributed by atoms with Crippen LogP contribution in [-0.4, -0.2) is 61.9 Å². The second kappa shape index (κ2) is 7.95. The van der Waals surface area contributed by atoms with Gasteiger partial charge in [-0.05, 0) is 29.0 Å². The predicted octanol–water partition coefficient (Wildman–Crippen LogP) is 2.43. The van der Waals surface area contributed by atoms with Gasteiger partial charge in [-0.15, -0.1) is 0 Å². The summed E-state index contributed by atoms with van der Waals surface area (Å²) in [6.07, 6.45) is 6.14. The number of carbonyl (C=O) groups is 1. The topological polar surface area (TPSA) is 106 Å². The van der Waals surface area contributed by atoms with E-state index in [0.29, 0.717) is 42.7 Å². The Kier molecular flexibility index (Phi) is 4.99. The van der Waals surface area contributed by atoms with Crippen molar-refractivity contribution in [1.29, 1.82) is 0 Å². The van der Waals surface area contributed by atoms with Crippen molar-refractivity contribution in [2.24, 2.45) is 6.26 Å². The van der Waals surface area contributed by atoms with Crippen molar-refractivity contribution in [3.63, 3.8) is 0 Å². The Bertz CT molecular complexity index is 1240. The van der Waals surface area contributed by atoms with E-state index in [0.717, 1.165) is 23.2 Å². The lowest BCUT2D eigenvalue weighted by Gasteiger charge is -2.23. The number of aromatic nitrogens is 5. The molecular weight excluding hydrogens is 412 g/mol. The summed E-state index contributed by atoms with van der Waals surface area (Å²) in [4.78, 5) is 28.1. The molecule has 1 aliphatic heterocycles. The van der Waals surface area contributed by atoms with Crippen LogP contribution in [-0.2, 0) is 6.26 Å². The highest BCUT2D eigenvalue weighted by atomic mass is 32.2. The molecule has 31 heavy (non-hydrogen) atoms. The van der Waals surface area contributed by atoms with Gasteiger partial charge in [0.05, 0.1) is 23.6 Å². The van der Waals surface area contributed by atoms with Crippen LogP contribution in [0.1, 0.15) is 16.8 Å². The summed E-state index contributed by atoms with van der Waals surface area (Å²) in [7, 11) is -0.0384. The van der Waals surface area contributed by atoms with Crippen molar-refractivity contribution < 1.29 is 4.79 Å². The van der Waals surface area contributed by atoms with Gasteiger partial charge in [0.1, 0.15) is 17.2 Å². The lowest BCUT2D eigenvalue weighted by molar-refractivity contribution is 0.0766. The van der Waals surface area contributed by atoms with E-state index in [-0.39, 0.29) is 16.4 Å². The van der Waals surface area contributed by atoms with Crippen molar-refractivity contribution >= 4 is 38.4 Å². The van der Waals surface area contributed by atoms with Gasteiger partial charge in [0.15, 0.2) is 5.82 Å². The van der Waals surface area contributed by atoms with Crippen molar-refractivity contribution in [3.05, 3.63) is 53.7 Å². The zero-order chi connectivity index (χ0) is 21.4. The zero-order valence-electron chi connectivity index (χ0n) is 17.2. The molecule has 1 saturated heterocycles. The Balaban J connectivity index is 1.37. The zero-order valence-corrected chi connectivity index (χ0v) is 18.0. The summed E-state index contributed by atoms with van der Waals surface area (Å²) in [6, 6.07) is 9.44. The Morgan fingerprint density at radius 2 is 1.84 bits per heavy atom. The molecule has 5 rings (SSSR count). The number of anilines is 2. The molecule has 0 radical (unpaired) electrons. The van der Waals surface area contributed by atoms with Crippen LogP contribution >= 0.6 is 10.5 Å². The number of hydrogen-bond acceptors (Lipinski definition) is 7. The molecule has 1 fully saturated rings. The Morgan fingerprint density at radius 1 is 1.03 bits per heavy atom. The number of amides is 1. The smallest absolute Gasteiger partial charge is 0.256 e. The molecular formula is C21H23N8OS+. The SMILES string of the molecule is C[s+]1ccc2nc(N3CCCN(C(=O)c4ccccc4-n4nccn4)CC3)nc(N)c21. The maximum atomic E-state index is 13.3. The number of carbonyl (C=O) groups excluding carboxylic acids is 1. The number of benzene rings is 1. The second-order valence-corrected chi connectivity index (χ2v) is 9.25. The molecule has 1 atom stereocenters. The first-order chi connectivity index (χ1) is 15.1. The number of aryl methyl sites for hydroxylation is 1. The summed E-state index contributed by atoms with van der Waals surface area (Å²) < 4.78 is 1.03. The van der Waals surface area contributed by atoms with Gasteiger partial charge in [-0.3, -0.25) is 4.79 Å². The molecule has 158 valence electrons. The molecule has 1 aromatic carbocycles. The van der Waals surface area contributed by atoms with Crippen molar-refractivity contribution in [2.75, 3.05) is 36.8 Å². The fraction of sp³-hybridized carbons (Fsp3) is 0.286. The van der Waals surface area contributed by atoms with Gasteiger partial charge in [-0.25, -0.2) is 4.98 Å². The molecule has 1 amide bonds. The predicted molar refractivity (Wildman–Crippen MR) is 122 cm³/mol. The molecule has 0 aliphatic carbocycles. The highest BCUT2D eigenvalue weighted by Gasteiger charge is 2.25. The van der Waals surface area contributed by atoms with Crippen LogP contribution < -0.4 is 10.6 Å². The Morgan fingerprint density at radius 3 is 2.68 bits per heavy atom. The molecule has 0 saturated carbocycles. The third kappa shape index (κ3) is 3.59.